The Balaban J connectivity index is 1.12. The minimum absolute atomic E-state index is 0.638. The van der Waals surface area contributed by atoms with Crippen LogP contribution in [0.3, 0.4) is 0 Å². The van der Waals surface area contributed by atoms with E-state index in [1.165, 1.54) is 5.39 Å². The van der Waals surface area contributed by atoms with Crippen LogP contribution >= 0.6 is 0 Å². The largest absolute Gasteiger partial charge is 0.264 e. The average Bonchev–Trinajstić information content (AvgIpc) is 3.21. The standard InChI is InChI=1S/C45H29N5/c1-3-12-31(13-4-1)43-48-44(32-14-5-2-6-15-32)50-45(49-43)33-25-23-30(24-26-33)34-16-9-17-35(28-34)37-20-10-21-39-41(37)38-19-7-8-22-40(38)47-42(39)36-18-11-27-46-29-36/h1-29H. The summed E-state index contributed by atoms with van der Waals surface area (Å²) in [5.41, 5.74) is 10.3. The van der Waals surface area contributed by atoms with E-state index in [1.54, 1.807) is 6.20 Å². The smallest absolute Gasteiger partial charge is 0.164 e. The summed E-state index contributed by atoms with van der Waals surface area (Å²) in [6, 6.07) is 56.2. The SMILES string of the molecule is c1ccc(-c2nc(-c3ccccc3)nc(-c3ccc(-c4cccc(-c5cccc6c(-c7cccnc7)nc7ccccc7c56)c4)cc3)n2)cc1. The van der Waals surface area contributed by atoms with E-state index >= 15 is 0 Å². The van der Waals surface area contributed by atoms with Crippen LogP contribution in [-0.4, -0.2) is 24.9 Å². The maximum absolute atomic E-state index is 5.10. The fraction of sp³-hybridized carbons (Fsp3) is 0. The molecule has 234 valence electrons. The van der Waals surface area contributed by atoms with Crippen LogP contribution in [-0.2, 0) is 0 Å². The molecule has 0 saturated heterocycles. The Morgan fingerprint density at radius 1 is 0.340 bits per heavy atom. The summed E-state index contributed by atoms with van der Waals surface area (Å²) in [7, 11) is 0. The number of rotatable bonds is 6. The summed E-state index contributed by atoms with van der Waals surface area (Å²) in [4.78, 5) is 24.1. The van der Waals surface area contributed by atoms with E-state index in [1.807, 2.05) is 79.0 Å². The number of aromatic nitrogens is 5. The van der Waals surface area contributed by atoms with Crippen molar-refractivity contribution < 1.29 is 0 Å². The Bertz CT molecular complexity index is 2560. The Morgan fingerprint density at radius 2 is 0.880 bits per heavy atom. The van der Waals surface area contributed by atoms with Gasteiger partial charge in [0.25, 0.3) is 0 Å². The second kappa shape index (κ2) is 12.6. The van der Waals surface area contributed by atoms with E-state index in [2.05, 4.69) is 96.0 Å². The highest BCUT2D eigenvalue weighted by molar-refractivity contribution is 6.17. The van der Waals surface area contributed by atoms with E-state index in [0.29, 0.717) is 17.5 Å². The van der Waals surface area contributed by atoms with Gasteiger partial charge in [-0.25, -0.2) is 19.9 Å². The third kappa shape index (κ3) is 5.47. The third-order valence-electron chi connectivity index (χ3n) is 9.01. The zero-order valence-electron chi connectivity index (χ0n) is 27.0. The number of nitrogens with zero attached hydrogens (tertiary/aromatic N) is 5. The van der Waals surface area contributed by atoms with Crippen LogP contribution in [0.5, 0.6) is 0 Å². The lowest BCUT2D eigenvalue weighted by Gasteiger charge is -2.15. The monoisotopic (exact) mass is 639 g/mol. The first-order chi connectivity index (χ1) is 24.8. The second-order valence-electron chi connectivity index (χ2n) is 12.1. The first-order valence-corrected chi connectivity index (χ1v) is 16.6. The fourth-order valence-electron chi connectivity index (χ4n) is 6.58. The number of benzene rings is 6. The summed E-state index contributed by atoms with van der Waals surface area (Å²) in [6.45, 7) is 0. The number of pyridine rings is 2. The Morgan fingerprint density at radius 3 is 1.56 bits per heavy atom. The molecule has 9 aromatic rings. The molecule has 6 aromatic carbocycles. The molecule has 0 atom stereocenters. The molecular formula is C45H29N5. The molecule has 0 unspecified atom stereocenters. The Labute approximate surface area is 289 Å². The lowest BCUT2D eigenvalue weighted by atomic mass is 9.91. The van der Waals surface area contributed by atoms with E-state index in [4.69, 9.17) is 19.9 Å². The topological polar surface area (TPSA) is 64.5 Å². The summed E-state index contributed by atoms with van der Waals surface area (Å²) >= 11 is 0. The average molecular weight is 640 g/mol. The highest BCUT2D eigenvalue weighted by Gasteiger charge is 2.16. The van der Waals surface area contributed by atoms with Gasteiger partial charge in [-0.05, 0) is 46.5 Å². The highest BCUT2D eigenvalue weighted by atomic mass is 15.0. The molecule has 0 aliphatic heterocycles. The number of para-hydroxylation sites is 1. The molecule has 0 spiro atoms. The maximum atomic E-state index is 5.10. The quantitative estimate of drug-likeness (QED) is 0.169. The molecule has 0 fully saturated rings. The first kappa shape index (κ1) is 29.3. The van der Waals surface area contributed by atoms with Crippen molar-refractivity contribution in [1.82, 2.24) is 24.9 Å². The molecule has 3 aromatic heterocycles. The van der Waals surface area contributed by atoms with E-state index in [0.717, 1.165) is 66.5 Å². The van der Waals surface area contributed by atoms with Crippen molar-refractivity contribution in [3.8, 4) is 67.7 Å². The maximum Gasteiger partial charge on any atom is 0.164 e. The molecular weight excluding hydrogens is 611 g/mol. The molecule has 0 bridgehead atoms. The van der Waals surface area contributed by atoms with E-state index < -0.39 is 0 Å². The molecule has 3 heterocycles. The molecule has 0 radical (unpaired) electrons. The third-order valence-corrected chi connectivity index (χ3v) is 9.01. The lowest BCUT2D eigenvalue weighted by Crippen LogP contribution is -2.00. The van der Waals surface area contributed by atoms with Crippen LogP contribution in [0.15, 0.2) is 176 Å². The predicted octanol–water partition coefficient (Wildman–Crippen LogP) is 11.0. The molecule has 5 heteroatoms. The van der Waals surface area contributed by atoms with Crippen molar-refractivity contribution in [2.75, 3.05) is 0 Å². The zero-order valence-corrected chi connectivity index (χ0v) is 27.0. The molecule has 5 nitrogen and oxygen atoms in total. The number of hydrogen-bond acceptors (Lipinski definition) is 5. The van der Waals surface area contributed by atoms with Crippen LogP contribution in [0.4, 0.5) is 0 Å². The minimum Gasteiger partial charge on any atom is -0.264 e. The van der Waals surface area contributed by atoms with Gasteiger partial charge in [0.05, 0.1) is 11.2 Å². The van der Waals surface area contributed by atoms with Gasteiger partial charge in [0.15, 0.2) is 17.5 Å². The lowest BCUT2D eigenvalue weighted by molar-refractivity contribution is 1.07. The van der Waals surface area contributed by atoms with Crippen LogP contribution < -0.4 is 0 Å². The summed E-state index contributed by atoms with van der Waals surface area (Å²) in [6.07, 6.45) is 3.68. The number of fused-ring (bicyclic) bond motifs is 3. The first-order valence-electron chi connectivity index (χ1n) is 16.6. The van der Waals surface area contributed by atoms with Gasteiger partial charge >= 0.3 is 0 Å². The van der Waals surface area contributed by atoms with Crippen molar-refractivity contribution in [3.63, 3.8) is 0 Å². The van der Waals surface area contributed by atoms with Crippen LogP contribution in [0, 0.1) is 0 Å². The predicted molar refractivity (Wildman–Crippen MR) is 203 cm³/mol. The van der Waals surface area contributed by atoms with Gasteiger partial charge in [-0.15, -0.1) is 0 Å². The van der Waals surface area contributed by atoms with Gasteiger partial charge in [-0.3, -0.25) is 4.98 Å². The molecule has 0 saturated carbocycles. The van der Waals surface area contributed by atoms with Gasteiger partial charge in [0.1, 0.15) is 0 Å². The van der Waals surface area contributed by atoms with E-state index in [9.17, 15) is 0 Å². The van der Waals surface area contributed by atoms with Crippen molar-refractivity contribution in [3.05, 3.63) is 176 Å². The van der Waals surface area contributed by atoms with Crippen LogP contribution in [0.2, 0.25) is 0 Å². The van der Waals surface area contributed by atoms with Crippen molar-refractivity contribution >= 4 is 21.7 Å². The number of hydrogen-bond donors (Lipinski definition) is 0. The molecule has 9 rings (SSSR count). The molecule has 0 N–H and O–H groups in total. The second-order valence-corrected chi connectivity index (χ2v) is 12.1. The van der Waals surface area contributed by atoms with Crippen molar-refractivity contribution in [2.45, 2.75) is 0 Å². The van der Waals surface area contributed by atoms with Gasteiger partial charge in [0, 0.05) is 50.8 Å². The Hall–Kier alpha value is -6.85. The van der Waals surface area contributed by atoms with Crippen molar-refractivity contribution in [1.29, 1.82) is 0 Å². The summed E-state index contributed by atoms with van der Waals surface area (Å²) < 4.78 is 0. The van der Waals surface area contributed by atoms with Crippen LogP contribution in [0.25, 0.3) is 89.4 Å². The van der Waals surface area contributed by atoms with Crippen LogP contribution in [0.1, 0.15) is 0 Å². The normalized spacial score (nSPS) is 11.2. The highest BCUT2D eigenvalue weighted by Crippen LogP contribution is 2.39. The van der Waals surface area contributed by atoms with Gasteiger partial charge in [-0.2, -0.15) is 0 Å². The molecule has 50 heavy (non-hydrogen) atoms. The summed E-state index contributed by atoms with van der Waals surface area (Å²) in [5.74, 6) is 1.94. The zero-order chi connectivity index (χ0) is 33.3. The summed E-state index contributed by atoms with van der Waals surface area (Å²) in [5, 5.41) is 3.41. The van der Waals surface area contributed by atoms with Crippen molar-refractivity contribution in [2.24, 2.45) is 0 Å². The van der Waals surface area contributed by atoms with E-state index in [-0.39, 0.29) is 0 Å². The Kier molecular flexibility index (Phi) is 7.41. The van der Waals surface area contributed by atoms with Gasteiger partial charge in [0.2, 0.25) is 0 Å². The van der Waals surface area contributed by atoms with Gasteiger partial charge in [-0.1, -0.05) is 140 Å². The molecule has 0 amide bonds. The molecule has 0 aliphatic carbocycles. The molecule has 0 aliphatic rings. The fourth-order valence-corrected chi connectivity index (χ4v) is 6.58. The minimum atomic E-state index is 0.638. The van der Waals surface area contributed by atoms with Gasteiger partial charge < -0.3 is 0 Å².